The third-order valence-electron chi connectivity index (χ3n) is 5.29. The van der Waals surface area contributed by atoms with Crippen LogP contribution in [0, 0.1) is 6.92 Å². The Morgan fingerprint density at radius 3 is 2.39 bits per heavy atom. The van der Waals surface area contributed by atoms with Crippen molar-refractivity contribution in [2.24, 2.45) is 0 Å². The van der Waals surface area contributed by atoms with Gasteiger partial charge in [-0.15, -0.1) is 11.3 Å². The Kier molecular flexibility index (Phi) is 5.29. The summed E-state index contributed by atoms with van der Waals surface area (Å²) < 4.78 is 5.28. The van der Waals surface area contributed by atoms with Crippen LogP contribution in [0.1, 0.15) is 35.8 Å². The molecule has 2 atom stereocenters. The highest BCUT2D eigenvalue weighted by molar-refractivity contribution is 7.15. The third-order valence-corrected chi connectivity index (χ3v) is 6.56. The number of hydrogen-bond acceptors (Lipinski definition) is 5. The van der Waals surface area contributed by atoms with Crippen LogP contribution in [0.2, 0.25) is 0 Å². The maximum atomic E-state index is 11.7. The molecule has 144 valence electrons. The maximum Gasteiger partial charge on any atom is 0.161 e. The maximum absolute atomic E-state index is 11.7. The average molecular weight is 394 g/mol. The van der Waals surface area contributed by atoms with Gasteiger partial charge >= 0.3 is 0 Å². The number of carbonyl (C=O) groups excluding carboxylic acids is 1. The van der Waals surface area contributed by atoms with Gasteiger partial charge in [0.2, 0.25) is 0 Å². The number of thiazole rings is 1. The van der Waals surface area contributed by atoms with Gasteiger partial charge in [0.15, 0.2) is 5.78 Å². The van der Waals surface area contributed by atoms with Crippen molar-refractivity contribution in [1.29, 1.82) is 0 Å². The van der Waals surface area contributed by atoms with Crippen LogP contribution in [0.25, 0.3) is 21.7 Å². The van der Waals surface area contributed by atoms with Gasteiger partial charge in [-0.05, 0) is 49.6 Å². The van der Waals surface area contributed by atoms with E-state index in [4.69, 9.17) is 9.72 Å². The summed E-state index contributed by atoms with van der Waals surface area (Å²) in [7, 11) is 1.66. The minimum absolute atomic E-state index is 0.0538. The van der Waals surface area contributed by atoms with E-state index in [1.807, 2.05) is 24.3 Å². The molecule has 1 N–H and O–H groups in total. The topological polar surface area (TPSA) is 59.4 Å². The van der Waals surface area contributed by atoms with Crippen LogP contribution in [-0.4, -0.2) is 29.1 Å². The minimum Gasteiger partial charge on any atom is -0.497 e. The second-order valence-corrected chi connectivity index (χ2v) is 8.31. The summed E-state index contributed by atoms with van der Waals surface area (Å²) in [6.45, 7) is 2.08. The number of ketones is 1. The fraction of sp³-hybridized carbons (Fsp3) is 0.304. The highest BCUT2D eigenvalue weighted by atomic mass is 32.1. The summed E-state index contributed by atoms with van der Waals surface area (Å²) in [5, 5.41) is 11.0. The molecule has 2 aromatic carbocycles. The number of ether oxygens (including phenoxy) is 1. The number of Topliss-reactive ketones (excluding diaryl/α,β-unsaturated/α-hetero) is 1. The van der Waals surface area contributed by atoms with Crippen molar-refractivity contribution < 1.29 is 14.6 Å². The predicted octanol–water partition coefficient (Wildman–Crippen LogP) is 4.99. The lowest BCUT2D eigenvalue weighted by Crippen LogP contribution is -2.28. The van der Waals surface area contributed by atoms with Gasteiger partial charge in [-0.25, -0.2) is 4.98 Å². The van der Waals surface area contributed by atoms with Crippen LogP contribution in [0.4, 0.5) is 0 Å². The van der Waals surface area contributed by atoms with Crippen molar-refractivity contribution in [1.82, 2.24) is 4.98 Å². The molecule has 5 heteroatoms. The molecule has 1 fully saturated rings. The standard InChI is InChI=1S/C23H23NO3S/c1-14-3-5-16(6-4-14)22-21(15-7-10-18(27-2)11-8-15)24-23(28-22)17-9-12-19(25)20(26)13-17/h3-8,10-11,17,20,26H,9,12-13H2,1-2H3. The van der Waals surface area contributed by atoms with E-state index in [2.05, 4.69) is 31.2 Å². The summed E-state index contributed by atoms with van der Waals surface area (Å²) in [6, 6.07) is 16.4. The number of benzene rings is 2. The number of carbonyl (C=O) groups is 1. The molecule has 1 aromatic heterocycles. The van der Waals surface area contributed by atoms with Crippen molar-refractivity contribution in [2.45, 2.75) is 38.2 Å². The second kappa shape index (κ2) is 7.86. The molecule has 1 aliphatic carbocycles. The monoisotopic (exact) mass is 393 g/mol. The molecule has 4 nitrogen and oxygen atoms in total. The summed E-state index contributed by atoms with van der Waals surface area (Å²) in [5.41, 5.74) is 4.32. The van der Waals surface area contributed by atoms with Crippen LogP contribution in [0.3, 0.4) is 0 Å². The molecule has 0 aliphatic heterocycles. The summed E-state index contributed by atoms with van der Waals surface area (Å²) >= 11 is 1.67. The van der Waals surface area contributed by atoms with Crippen molar-refractivity contribution in [3.05, 3.63) is 59.1 Å². The fourth-order valence-electron chi connectivity index (χ4n) is 3.58. The number of methoxy groups -OCH3 is 1. The number of aryl methyl sites for hydroxylation is 1. The third kappa shape index (κ3) is 3.73. The molecule has 3 aromatic rings. The van der Waals surface area contributed by atoms with Gasteiger partial charge in [0.05, 0.1) is 22.7 Å². The molecule has 1 saturated carbocycles. The quantitative estimate of drug-likeness (QED) is 0.678. The Morgan fingerprint density at radius 2 is 1.75 bits per heavy atom. The van der Waals surface area contributed by atoms with Crippen LogP contribution < -0.4 is 4.74 Å². The van der Waals surface area contributed by atoms with Crippen molar-refractivity contribution in [2.75, 3.05) is 7.11 Å². The number of rotatable bonds is 4. The van der Waals surface area contributed by atoms with Crippen LogP contribution in [-0.2, 0) is 4.79 Å². The van der Waals surface area contributed by atoms with E-state index in [-0.39, 0.29) is 11.7 Å². The highest BCUT2D eigenvalue weighted by Crippen LogP contribution is 2.42. The Balaban J connectivity index is 1.77. The molecule has 4 rings (SSSR count). The lowest BCUT2D eigenvalue weighted by molar-refractivity contribution is -0.129. The molecular formula is C23H23NO3S. The van der Waals surface area contributed by atoms with Crippen LogP contribution in [0.15, 0.2) is 48.5 Å². The normalized spacial score (nSPS) is 19.6. The number of aliphatic hydroxyl groups excluding tert-OH is 1. The second-order valence-electron chi connectivity index (χ2n) is 7.28. The highest BCUT2D eigenvalue weighted by Gasteiger charge is 2.30. The fourth-order valence-corrected chi connectivity index (χ4v) is 4.82. The van der Waals surface area contributed by atoms with Crippen molar-refractivity contribution in [3.63, 3.8) is 0 Å². The van der Waals surface area contributed by atoms with Crippen LogP contribution in [0.5, 0.6) is 5.75 Å². The van der Waals surface area contributed by atoms with Gasteiger partial charge in [-0.2, -0.15) is 0 Å². The SMILES string of the molecule is COc1ccc(-c2nc(C3CCC(=O)C(O)C3)sc2-c2ccc(C)cc2)cc1. The number of nitrogens with zero attached hydrogens (tertiary/aromatic N) is 1. The zero-order valence-corrected chi connectivity index (χ0v) is 16.8. The van der Waals surface area contributed by atoms with Crippen molar-refractivity contribution >= 4 is 17.1 Å². The lowest BCUT2D eigenvalue weighted by Gasteiger charge is -2.23. The largest absolute Gasteiger partial charge is 0.497 e. The van der Waals surface area contributed by atoms with E-state index in [1.54, 1.807) is 18.4 Å². The van der Waals surface area contributed by atoms with Crippen LogP contribution >= 0.6 is 11.3 Å². The first-order chi connectivity index (χ1) is 13.5. The minimum atomic E-state index is -0.866. The molecule has 0 spiro atoms. The molecule has 28 heavy (non-hydrogen) atoms. The molecule has 1 heterocycles. The molecule has 0 bridgehead atoms. The lowest BCUT2D eigenvalue weighted by atomic mass is 9.87. The molecule has 1 aliphatic rings. The number of hydrogen-bond donors (Lipinski definition) is 1. The molecule has 0 saturated heterocycles. The molecule has 2 unspecified atom stereocenters. The smallest absolute Gasteiger partial charge is 0.161 e. The van der Waals surface area contributed by atoms with Gasteiger partial charge in [0.1, 0.15) is 11.9 Å². The summed E-state index contributed by atoms with van der Waals surface area (Å²) in [5.74, 6) is 0.876. The zero-order valence-electron chi connectivity index (χ0n) is 16.0. The van der Waals surface area contributed by atoms with E-state index in [1.165, 1.54) is 5.56 Å². The van der Waals surface area contributed by atoms with Gasteiger partial charge in [0.25, 0.3) is 0 Å². The van der Waals surface area contributed by atoms with E-state index < -0.39 is 6.10 Å². The molecule has 0 amide bonds. The number of aliphatic hydroxyl groups is 1. The van der Waals surface area contributed by atoms with E-state index in [0.717, 1.165) is 38.9 Å². The van der Waals surface area contributed by atoms with Gasteiger partial charge < -0.3 is 9.84 Å². The predicted molar refractivity (Wildman–Crippen MR) is 112 cm³/mol. The first kappa shape index (κ1) is 18.8. The average Bonchev–Trinajstić information content (AvgIpc) is 3.16. The Hall–Kier alpha value is -2.50. The molecular weight excluding hydrogens is 370 g/mol. The van der Waals surface area contributed by atoms with E-state index in [9.17, 15) is 9.90 Å². The first-order valence-electron chi connectivity index (χ1n) is 9.48. The summed E-state index contributed by atoms with van der Waals surface area (Å²) in [6.07, 6.45) is 0.763. The van der Waals surface area contributed by atoms with Gasteiger partial charge in [0, 0.05) is 17.9 Å². The zero-order chi connectivity index (χ0) is 19.7. The number of aromatic nitrogens is 1. The van der Waals surface area contributed by atoms with E-state index in [0.29, 0.717) is 12.8 Å². The van der Waals surface area contributed by atoms with Gasteiger partial charge in [-0.1, -0.05) is 29.8 Å². The Morgan fingerprint density at radius 1 is 1.07 bits per heavy atom. The van der Waals surface area contributed by atoms with E-state index >= 15 is 0 Å². The first-order valence-corrected chi connectivity index (χ1v) is 10.3. The van der Waals surface area contributed by atoms with Gasteiger partial charge in [-0.3, -0.25) is 4.79 Å². The molecule has 0 radical (unpaired) electrons. The Bertz CT molecular complexity index is 976. The van der Waals surface area contributed by atoms with Crippen molar-refractivity contribution in [3.8, 4) is 27.4 Å². The summed E-state index contributed by atoms with van der Waals surface area (Å²) in [4.78, 5) is 17.8. The Labute approximate surface area is 168 Å².